The van der Waals surface area contributed by atoms with E-state index in [1.807, 2.05) is 75.3 Å². The maximum absolute atomic E-state index is 10.7. The minimum absolute atomic E-state index is 0. The molecule has 1 unspecified atom stereocenters. The molecule has 75 heavy (non-hydrogen) atoms. The van der Waals surface area contributed by atoms with Gasteiger partial charge < -0.3 is 46.7 Å². The molecule has 0 aliphatic carbocycles. The predicted molar refractivity (Wildman–Crippen MR) is 309 cm³/mol. The molecule has 18 nitrogen and oxygen atoms in total. The molecule has 2 fully saturated rings. The number of carbonyl (C=O) groups is 3. The average Bonchev–Trinajstić information content (AvgIpc) is 3.96. The van der Waals surface area contributed by atoms with Crippen molar-refractivity contribution in [1.29, 1.82) is 15.8 Å². The van der Waals surface area contributed by atoms with Crippen LogP contribution in [0.5, 0.6) is 0 Å². The second-order valence-corrected chi connectivity index (χ2v) is 25.4. The number of ketones is 3. The third-order valence-electron chi connectivity index (χ3n) is 10.1. The molecule has 0 aromatic rings. The Morgan fingerprint density at radius 1 is 0.733 bits per heavy atom. The van der Waals surface area contributed by atoms with Gasteiger partial charge in [0.25, 0.3) is 0 Å². The van der Waals surface area contributed by atoms with Gasteiger partial charge in [-0.2, -0.15) is 10.5 Å². The SMILES string of the molecule is CC(=NC(C)(C)C)C(C)C.CC(=O)C(C)(C)CC#N.CC(=O)C(C)(C)CCl.CC(=O)C(C)C.CC(C)(CC#N)C1(C)OCCO1.CC(C)(CCl)C1(C)OCCO1.CN.Cl.ClCBr.O=[S](O)(=[Mg])OO.OCCO.[C-]#N.[K+]. The van der Waals surface area contributed by atoms with E-state index in [9.17, 15) is 18.6 Å². The maximum Gasteiger partial charge on any atom is 1.00 e. The summed E-state index contributed by atoms with van der Waals surface area (Å²) in [5, 5.41) is 45.7. The number of nitrogens with two attached hydrogens (primary N) is 1. The molecule has 26 heteroatoms. The Bertz CT molecular complexity index is 1670. The molecule has 2 aliphatic heterocycles. The van der Waals surface area contributed by atoms with E-state index >= 15 is 0 Å². The zero-order chi connectivity index (χ0) is 60.9. The molecule has 0 aromatic heterocycles. The van der Waals surface area contributed by atoms with E-state index in [0.29, 0.717) is 81.5 Å². The van der Waals surface area contributed by atoms with Crippen LogP contribution in [0, 0.1) is 68.0 Å². The van der Waals surface area contributed by atoms with Crippen molar-refractivity contribution in [3.8, 4) is 12.1 Å². The van der Waals surface area contributed by atoms with Gasteiger partial charge in [-0.3, -0.25) is 19.4 Å². The minimum Gasteiger partial charge on any atom is -0.512 e. The Kier molecular flexibility index (Phi) is 74.8. The van der Waals surface area contributed by atoms with E-state index in [0.717, 1.165) is 0 Å². The van der Waals surface area contributed by atoms with Crippen molar-refractivity contribution in [1.82, 2.24) is 0 Å². The Morgan fingerprint density at radius 2 is 1.00 bits per heavy atom. The standard InChI is InChI=1S/C9H15NO2.C9H19N.C8H15ClO2.C7H11NO.C6H11ClO.C5H10O.C2H6O2.CH2BrCl.CH5N.CN.ClH.K.Mg.H2O4S/c1-8(2,4-5-10)9(3)11-6-7-12-9;1-7(2)8(3)10-9(4,5)6;1-7(2,6-9)8(3)10-4-5-11-8;1-6(9)7(2,3)4-5-8;1-5(8)6(2,3)4-7;1-4(2)5(3)6;3-1-2-4;2-1-3;2*1-2;;;;1-4-5(2)3/h4,6-7H2,1-3H3;7H,1-6H3;4-6H2,1-3H3;4H2,1-3H3;4H2,1-3H3;4H,1-3H3;3-4H,1-2H2;1H2;2H2,1H3;;1H;;;1H,(H,2,3)/q;;;;;;;;;-1;;+1;;. The van der Waals surface area contributed by atoms with Gasteiger partial charge in [0.15, 0.2) is 11.6 Å². The molecular weight excluding hydrogens is 1180 g/mol. The molecule has 0 radical (unpaired) electrons. The quantitative estimate of drug-likeness (QED) is 0.0308. The summed E-state index contributed by atoms with van der Waals surface area (Å²) in [4.78, 5) is 36.5. The van der Waals surface area contributed by atoms with Crippen LogP contribution in [0.3, 0.4) is 0 Å². The molecule has 0 aromatic carbocycles. The number of nitrogens with zero attached hydrogens (tertiary/aromatic N) is 4. The van der Waals surface area contributed by atoms with Crippen LogP contribution in [0.15, 0.2) is 4.99 Å². The summed E-state index contributed by atoms with van der Waals surface area (Å²) in [5.41, 5.74) is 4.70. The van der Waals surface area contributed by atoms with Gasteiger partial charge in [-0.25, -0.2) is 0 Å². The van der Waals surface area contributed by atoms with Gasteiger partial charge in [0.2, 0.25) is 0 Å². The van der Waals surface area contributed by atoms with Gasteiger partial charge in [0.05, 0.1) is 62.1 Å². The van der Waals surface area contributed by atoms with Crippen LogP contribution in [0.1, 0.15) is 158 Å². The summed E-state index contributed by atoms with van der Waals surface area (Å²) in [6.07, 6.45) is 0.756. The van der Waals surface area contributed by atoms with Gasteiger partial charge in [0.1, 0.15) is 17.3 Å². The molecule has 0 bridgehead atoms. The van der Waals surface area contributed by atoms with Crippen molar-refractivity contribution in [3.05, 3.63) is 6.57 Å². The molecule has 0 amide bonds. The normalized spacial score (nSPS) is 14.6. The van der Waals surface area contributed by atoms with Crippen molar-refractivity contribution in [2.75, 3.05) is 63.2 Å². The number of alkyl halides is 4. The van der Waals surface area contributed by atoms with Crippen LogP contribution in [0.4, 0.5) is 0 Å². The maximum atomic E-state index is 10.7. The second-order valence-electron chi connectivity index (χ2n) is 19.9. The number of Topliss-reactive ketones (excluding diaryl/α,β-unsaturated/α-hetero) is 3. The van der Waals surface area contributed by atoms with Gasteiger partial charge in [-0.1, -0.05) is 99.0 Å². The number of nitriles is 2. The molecule has 2 aliphatic rings. The number of aliphatic hydroxyl groups excluding tert-OH is 2. The van der Waals surface area contributed by atoms with Crippen molar-refractivity contribution >= 4 is 113 Å². The van der Waals surface area contributed by atoms with Crippen LogP contribution in [0.25, 0.3) is 0 Å². The van der Waals surface area contributed by atoms with Gasteiger partial charge in [-0.05, 0) is 75.3 Å². The fourth-order valence-electron chi connectivity index (χ4n) is 3.36. The van der Waals surface area contributed by atoms with E-state index in [1.54, 1.807) is 27.7 Å². The first kappa shape index (κ1) is 101. The number of ether oxygens (including phenoxy) is 4. The molecule has 6 N–H and O–H groups in total. The molecule has 0 saturated carbocycles. The third kappa shape index (κ3) is 62.4. The van der Waals surface area contributed by atoms with Crippen LogP contribution < -0.4 is 57.1 Å². The zero-order valence-corrected chi connectivity index (χ0v) is 59.8. The Balaban J connectivity index is -0.0000000689. The van der Waals surface area contributed by atoms with E-state index in [2.05, 4.69) is 78.6 Å². The smallest absolute Gasteiger partial charge is 0.512 e. The second kappa shape index (κ2) is 55.5. The van der Waals surface area contributed by atoms with Gasteiger partial charge in [0, 0.05) is 57.9 Å². The number of hydrogen-bond acceptors (Lipinski definition) is 17. The average molecular weight is 1280 g/mol. The molecule has 0 spiro atoms. The van der Waals surface area contributed by atoms with Gasteiger partial charge in [-0.15, -0.1) is 47.2 Å². The Labute approximate surface area is 537 Å². The Morgan fingerprint density at radius 3 is 1.12 bits per heavy atom. The first-order valence-corrected chi connectivity index (χ1v) is 29.0. The van der Waals surface area contributed by atoms with Crippen molar-refractivity contribution in [3.63, 3.8) is 0 Å². The topological polar surface area (TPSA) is 305 Å². The van der Waals surface area contributed by atoms with Crippen LogP contribution in [-0.4, -0.2) is 147 Å². The molecule has 1 atom stereocenters. The summed E-state index contributed by atoms with van der Waals surface area (Å²) in [6, 6.07) is 4.12. The number of hydrogen-bond donors (Lipinski definition) is 5. The van der Waals surface area contributed by atoms with Crippen molar-refractivity contribution in [2.24, 2.45) is 44.2 Å². The van der Waals surface area contributed by atoms with Crippen LogP contribution in [-0.2, 0) is 45.0 Å². The van der Waals surface area contributed by atoms with E-state index < -0.39 is 24.3 Å². The van der Waals surface area contributed by atoms with Crippen LogP contribution in [0.2, 0.25) is 0 Å². The van der Waals surface area contributed by atoms with E-state index in [1.165, 1.54) is 19.7 Å². The molecular formula is C49H97BrCl4KMgN5O13S. The molecule has 440 valence electrons. The Hall–Kier alpha value is 0.943. The summed E-state index contributed by atoms with van der Waals surface area (Å²) in [6.45, 7) is 47.5. The molecule has 2 heterocycles. The van der Waals surface area contributed by atoms with Crippen molar-refractivity contribution < 1.29 is 113 Å². The fraction of sp³-hybridized carbons (Fsp3) is 0.857. The van der Waals surface area contributed by atoms with Gasteiger partial charge >= 0.3 is 96.9 Å². The molecule has 2 saturated heterocycles. The van der Waals surface area contributed by atoms with Crippen molar-refractivity contribution in [2.45, 2.75) is 175 Å². The first-order chi connectivity index (χ1) is 32.9. The summed E-state index contributed by atoms with van der Waals surface area (Å²) >= 11 is 19.8. The largest absolute Gasteiger partial charge is 1.00 e. The number of aliphatic imine (C=N–C) groups is 1. The van der Waals surface area contributed by atoms with Crippen LogP contribution >= 0.6 is 63.1 Å². The summed E-state index contributed by atoms with van der Waals surface area (Å²) in [7, 11) is -1.83. The van der Waals surface area contributed by atoms with E-state index in [-0.39, 0.29) is 122 Å². The van der Waals surface area contributed by atoms with E-state index in [4.69, 9.17) is 96.1 Å². The first-order valence-electron chi connectivity index (χ1n) is 23.0. The molecule has 2 rings (SSSR count). The number of aliphatic hydroxyl groups is 2. The predicted octanol–water partition coefficient (Wildman–Crippen LogP) is 8.07. The number of rotatable bonds is 12. The summed E-state index contributed by atoms with van der Waals surface area (Å²) in [5.74, 6) is 1.15. The number of carbonyl (C=O) groups excluding carboxylic acids is 3. The zero-order valence-electron chi connectivity index (χ0n) is 49.8. The minimum atomic E-state index is -3.33. The number of halogens is 5. The monoisotopic (exact) mass is 1280 g/mol. The summed E-state index contributed by atoms with van der Waals surface area (Å²) < 4.78 is 42.5. The third-order valence-corrected chi connectivity index (χ3v) is 12.0. The fourth-order valence-corrected chi connectivity index (χ4v) is 3.80.